The molecule has 0 unspecified atom stereocenters. The predicted octanol–water partition coefficient (Wildman–Crippen LogP) is 3.79. The number of rotatable bonds is 4. The fourth-order valence-electron chi connectivity index (χ4n) is 2.36. The molecule has 0 aliphatic heterocycles. The number of nitrogens with one attached hydrogen (secondary N) is 1. The minimum Gasteiger partial charge on any atom is -0.462 e. The third kappa shape index (κ3) is 2.92. The van der Waals surface area contributed by atoms with Crippen molar-refractivity contribution in [2.45, 2.75) is 13.8 Å². The average molecular weight is 338 g/mol. The van der Waals surface area contributed by atoms with Gasteiger partial charge in [-0.2, -0.15) is 5.26 Å². The molecule has 3 aromatic rings. The molecule has 0 aliphatic carbocycles. The SMILES string of the molecule is CCOC(=O)c1sc2ncnc(Nc3cccc(C#N)c3)c2c1C. The second-order valence-electron chi connectivity index (χ2n) is 5.00. The highest BCUT2D eigenvalue weighted by atomic mass is 32.1. The molecule has 1 N–H and O–H groups in total. The number of aryl methyl sites for hydroxylation is 1. The summed E-state index contributed by atoms with van der Waals surface area (Å²) in [7, 11) is 0. The van der Waals surface area contributed by atoms with Crippen molar-refractivity contribution in [1.82, 2.24) is 9.97 Å². The quantitative estimate of drug-likeness (QED) is 0.728. The number of carbonyl (C=O) groups excluding carboxylic acids is 1. The predicted molar refractivity (Wildman–Crippen MR) is 92.5 cm³/mol. The van der Waals surface area contributed by atoms with Gasteiger partial charge >= 0.3 is 5.97 Å². The summed E-state index contributed by atoms with van der Waals surface area (Å²) in [6.45, 7) is 3.95. The van der Waals surface area contributed by atoms with E-state index in [1.807, 2.05) is 13.0 Å². The monoisotopic (exact) mass is 338 g/mol. The number of hydrogen-bond acceptors (Lipinski definition) is 7. The zero-order chi connectivity index (χ0) is 17.1. The Kier molecular flexibility index (Phi) is 4.40. The van der Waals surface area contributed by atoms with Crippen molar-refractivity contribution >= 4 is 39.0 Å². The Hall–Kier alpha value is -2.98. The van der Waals surface area contributed by atoms with Crippen LogP contribution in [0, 0.1) is 18.3 Å². The number of aromatic nitrogens is 2. The van der Waals surface area contributed by atoms with E-state index in [2.05, 4.69) is 21.4 Å². The lowest BCUT2D eigenvalue weighted by molar-refractivity contribution is 0.0531. The van der Waals surface area contributed by atoms with E-state index in [0.717, 1.165) is 16.6 Å². The molecule has 0 atom stereocenters. The molecule has 0 saturated carbocycles. The maximum atomic E-state index is 12.1. The summed E-state index contributed by atoms with van der Waals surface area (Å²) in [6, 6.07) is 9.22. The molecule has 0 saturated heterocycles. The number of carbonyl (C=O) groups is 1. The molecule has 0 fully saturated rings. The highest BCUT2D eigenvalue weighted by Crippen LogP contribution is 2.34. The van der Waals surface area contributed by atoms with E-state index in [9.17, 15) is 4.79 Å². The van der Waals surface area contributed by atoms with Crippen LogP contribution in [-0.4, -0.2) is 22.5 Å². The molecule has 3 rings (SSSR count). The van der Waals surface area contributed by atoms with Gasteiger partial charge in [0, 0.05) is 5.69 Å². The molecule has 0 amide bonds. The molecular weight excluding hydrogens is 324 g/mol. The van der Waals surface area contributed by atoms with Gasteiger partial charge in [-0.15, -0.1) is 11.3 Å². The van der Waals surface area contributed by atoms with Gasteiger partial charge in [0.25, 0.3) is 0 Å². The van der Waals surface area contributed by atoms with Crippen LogP contribution in [0.15, 0.2) is 30.6 Å². The number of benzene rings is 1. The fraction of sp³-hybridized carbons (Fsp3) is 0.176. The molecule has 0 radical (unpaired) electrons. The zero-order valence-corrected chi connectivity index (χ0v) is 14.0. The van der Waals surface area contributed by atoms with Gasteiger partial charge in [0.05, 0.1) is 23.6 Å². The molecule has 0 aliphatic rings. The first-order valence-electron chi connectivity index (χ1n) is 7.32. The Morgan fingerprint density at radius 1 is 1.42 bits per heavy atom. The average Bonchev–Trinajstić information content (AvgIpc) is 2.93. The molecule has 6 nitrogen and oxygen atoms in total. The number of nitrogens with zero attached hydrogens (tertiary/aromatic N) is 3. The van der Waals surface area contributed by atoms with Crippen LogP contribution in [0.3, 0.4) is 0 Å². The highest BCUT2D eigenvalue weighted by molar-refractivity contribution is 7.20. The second-order valence-corrected chi connectivity index (χ2v) is 6.00. The molecule has 2 heterocycles. The minimum absolute atomic E-state index is 0.324. The maximum Gasteiger partial charge on any atom is 0.348 e. The van der Waals surface area contributed by atoms with Crippen LogP contribution in [0.1, 0.15) is 27.7 Å². The maximum absolute atomic E-state index is 12.1. The third-order valence-corrected chi connectivity index (χ3v) is 4.62. The molecule has 7 heteroatoms. The topological polar surface area (TPSA) is 87.9 Å². The first-order chi connectivity index (χ1) is 11.6. The Bertz CT molecular complexity index is 959. The van der Waals surface area contributed by atoms with Gasteiger partial charge in [-0.25, -0.2) is 14.8 Å². The minimum atomic E-state index is -0.351. The number of hydrogen-bond donors (Lipinski definition) is 1. The Morgan fingerprint density at radius 3 is 3.00 bits per heavy atom. The molecular formula is C17H14N4O2S. The van der Waals surface area contributed by atoms with Gasteiger partial charge in [-0.3, -0.25) is 0 Å². The number of ether oxygens (including phenoxy) is 1. The Balaban J connectivity index is 2.05. The summed E-state index contributed by atoms with van der Waals surface area (Å²) in [5, 5.41) is 13.0. The molecule has 1 aromatic carbocycles. The van der Waals surface area contributed by atoms with E-state index in [1.165, 1.54) is 17.7 Å². The van der Waals surface area contributed by atoms with Gasteiger partial charge in [-0.05, 0) is 37.6 Å². The van der Waals surface area contributed by atoms with Crippen LogP contribution in [0.25, 0.3) is 10.2 Å². The first-order valence-corrected chi connectivity index (χ1v) is 8.14. The Labute approximate surface area is 142 Å². The second kappa shape index (κ2) is 6.64. The molecule has 24 heavy (non-hydrogen) atoms. The van der Waals surface area contributed by atoms with E-state index < -0.39 is 0 Å². The zero-order valence-electron chi connectivity index (χ0n) is 13.2. The van der Waals surface area contributed by atoms with Crippen LogP contribution >= 0.6 is 11.3 Å². The number of thiophene rings is 1. The van der Waals surface area contributed by atoms with E-state index in [4.69, 9.17) is 10.00 Å². The number of fused-ring (bicyclic) bond motifs is 1. The van der Waals surface area contributed by atoms with Gasteiger partial charge in [0.1, 0.15) is 21.9 Å². The van der Waals surface area contributed by atoms with Crippen LogP contribution < -0.4 is 5.32 Å². The lowest BCUT2D eigenvalue weighted by atomic mass is 10.2. The van der Waals surface area contributed by atoms with Crippen LogP contribution in [0.2, 0.25) is 0 Å². The summed E-state index contributed by atoms with van der Waals surface area (Å²) in [5.41, 5.74) is 2.09. The summed E-state index contributed by atoms with van der Waals surface area (Å²) in [5.74, 6) is 0.245. The summed E-state index contributed by atoms with van der Waals surface area (Å²) in [6.07, 6.45) is 1.45. The lowest BCUT2D eigenvalue weighted by Crippen LogP contribution is -2.03. The number of nitriles is 1. The van der Waals surface area contributed by atoms with E-state index in [1.54, 1.807) is 25.1 Å². The smallest absolute Gasteiger partial charge is 0.348 e. The first kappa shape index (κ1) is 15.9. The van der Waals surface area contributed by atoms with Crippen LogP contribution in [0.4, 0.5) is 11.5 Å². The summed E-state index contributed by atoms with van der Waals surface area (Å²) < 4.78 is 5.09. The summed E-state index contributed by atoms with van der Waals surface area (Å²) in [4.78, 5) is 21.8. The normalized spacial score (nSPS) is 10.4. The van der Waals surface area contributed by atoms with E-state index in [0.29, 0.717) is 27.7 Å². The summed E-state index contributed by atoms with van der Waals surface area (Å²) >= 11 is 1.29. The number of esters is 1. The fourth-order valence-corrected chi connectivity index (χ4v) is 3.40. The molecule has 120 valence electrons. The van der Waals surface area contributed by atoms with Crippen molar-refractivity contribution in [3.05, 3.63) is 46.6 Å². The van der Waals surface area contributed by atoms with Crippen molar-refractivity contribution in [1.29, 1.82) is 5.26 Å². The van der Waals surface area contributed by atoms with E-state index >= 15 is 0 Å². The van der Waals surface area contributed by atoms with Crippen molar-refractivity contribution in [3.63, 3.8) is 0 Å². The largest absolute Gasteiger partial charge is 0.462 e. The molecule has 0 bridgehead atoms. The molecule has 0 spiro atoms. The van der Waals surface area contributed by atoms with Crippen LogP contribution in [-0.2, 0) is 4.74 Å². The highest BCUT2D eigenvalue weighted by Gasteiger charge is 2.20. The van der Waals surface area contributed by atoms with Gasteiger partial charge < -0.3 is 10.1 Å². The van der Waals surface area contributed by atoms with Crippen molar-refractivity contribution in [2.75, 3.05) is 11.9 Å². The Morgan fingerprint density at radius 2 is 2.25 bits per heavy atom. The molecule has 2 aromatic heterocycles. The van der Waals surface area contributed by atoms with E-state index in [-0.39, 0.29) is 5.97 Å². The van der Waals surface area contributed by atoms with Gasteiger partial charge in [0.15, 0.2) is 0 Å². The van der Waals surface area contributed by atoms with Crippen molar-refractivity contribution in [3.8, 4) is 6.07 Å². The van der Waals surface area contributed by atoms with Crippen LogP contribution in [0.5, 0.6) is 0 Å². The number of anilines is 2. The van der Waals surface area contributed by atoms with Gasteiger partial charge in [0.2, 0.25) is 0 Å². The van der Waals surface area contributed by atoms with Crippen molar-refractivity contribution in [2.24, 2.45) is 0 Å². The standard InChI is InChI=1S/C17H14N4O2S/c1-3-23-17(22)14-10(2)13-15(19-9-20-16(13)24-14)21-12-6-4-5-11(7-12)8-18/h4-7,9H,3H2,1-2H3,(H,19,20,21). The third-order valence-electron chi connectivity index (χ3n) is 3.44. The van der Waals surface area contributed by atoms with Crippen molar-refractivity contribution < 1.29 is 9.53 Å². The lowest BCUT2D eigenvalue weighted by Gasteiger charge is -2.07. The van der Waals surface area contributed by atoms with Gasteiger partial charge in [-0.1, -0.05) is 6.07 Å².